The lowest BCUT2D eigenvalue weighted by Crippen LogP contribution is -2.45. The first-order chi connectivity index (χ1) is 9.93. The smallest absolute Gasteiger partial charge is 0.243 e. The SMILES string of the molecule is COc1ccc(S(=O)(=O)N2CCC(NC(C)=O)CC2)cc1. The summed E-state index contributed by atoms with van der Waals surface area (Å²) in [5.74, 6) is 0.546. The Morgan fingerprint density at radius 1 is 1.24 bits per heavy atom. The molecule has 1 aromatic carbocycles. The van der Waals surface area contributed by atoms with Crippen LogP contribution in [0.25, 0.3) is 0 Å². The molecule has 21 heavy (non-hydrogen) atoms. The Morgan fingerprint density at radius 3 is 2.29 bits per heavy atom. The van der Waals surface area contributed by atoms with E-state index in [0.717, 1.165) is 0 Å². The van der Waals surface area contributed by atoms with Crippen molar-refractivity contribution in [2.45, 2.75) is 30.7 Å². The summed E-state index contributed by atoms with van der Waals surface area (Å²) >= 11 is 0. The Morgan fingerprint density at radius 2 is 1.81 bits per heavy atom. The largest absolute Gasteiger partial charge is 0.497 e. The molecule has 0 atom stereocenters. The van der Waals surface area contributed by atoms with Crippen molar-refractivity contribution in [3.63, 3.8) is 0 Å². The molecule has 0 bridgehead atoms. The van der Waals surface area contributed by atoms with Crippen LogP contribution in [-0.4, -0.2) is 44.9 Å². The first-order valence-corrected chi connectivity index (χ1v) is 8.29. The van der Waals surface area contributed by atoms with Crippen molar-refractivity contribution in [1.82, 2.24) is 9.62 Å². The monoisotopic (exact) mass is 312 g/mol. The fourth-order valence-corrected chi connectivity index (χ4v) is 3.89. The second-order valence-corrected chi connectivity index (χ2v) is 6.99. The molecule has 1 aromatic rings. The predicted octanol–water partition coefficient (Wildman–Crippen LogP) is 0.984. The Bertz CT molecular complexity index is 590. The van der Waals surface area contributed by atoms with Crippen molar-refractivity contribution in [3.05, 3.63) is 24.3 Å². The molecule has 1 heterocycles. The molecule has 0 radical (unpaired) electrons. The topological polar surface area (TPSA) is 75.7 Å². The number of hydrogen-bond acceptors (Lipinski definition) is 4. The number of amides is 1. The third kappa shape index (κ3) is 3.74. The minimum atomic E-state index is -3.47. The van der Waals surface area contributed by atoms with Gasteiger partial charge >= 0.3 is 0 Å². The van der Waals surface area contributed by atoms with Gasteiger partial charge in [0.15, 0.2) is 0 Å². The van der Waals surface area contributed by atoms with Gasteiger partial charge in [0.25, 0.3) is 0 Å². The molecular weight excluding hydrogens is 292 g/mol. The summed E-state index contributed by atoms with van der Waals surface area (Å²) < 4.78 is 31.5. The van der Waals surface area contributed by atoms with E-state index in [-0.39, 0.29) is 16.8 Å². The summed E-state index contributed by atoms with van der Waals surface area (Å²) in [7, 11) is -1.94. The van der Waals surface area contributed by atoms with Crippen molar-refractivity contribution in [2.75, 3.05) is 20.2 Å². The third-order valence-corrected chi connectivity index (χ3v) is 5.47. The highest BCUT2D eigenvalue weighted by molar-refractivity contribution is 7.89. The number of methoxy groups -OCH3 is 1. The van der Waals surface area contributed by atoms with Gasteiger partial charge in [0, 0.05) is 26.1 Å². The number of rotatable bonds is 4. The maximum absolute atomic E-state index is 12.5. The predicted molar refractivity (Wildman–Crippen MR) is 78.6 cm³/mol. The summed E-state index contributed by atoms with van der Waals surface area (Å²) in [6, 6.07) is 6.43. The number of nitrogens with one attached hydrogen (secondary N) is 1. The zero-order valence-corrected chi connectivity index (χ0v) is 13.0. The van der Waals surface area contributed by atoms with E-state index in [0.29, 0.717) is 31.7 Å². The van der Waals surface area contributed by atoms with Gasteiger partial charge in [0.2, 0.25) is 15.9 Å². The summed E-state index contributed by atoms with van der Waals surface area (Å²) in [5.41, 5.74) is 0. The fraction of sp³-hybridized carbons (Fsp3) is 0.500. The molecule has 6 nitrogen and oxygen atoms in total. The van der Waals surface area contributed by atoms with Crippen LogP contribution in [0.2, 0.25) is 0 Å². The Kier molecular flexibility index (Phi) is 4.84. The average Bonchev–Trinajstić information content (AvgIpc) is 2.47. The van der Waals surface area contributed by atoms with Crippen LogP contribution >= 0.6 is 0 Å². The molecule has 1 saturated heterocycles. The number of sulfonamides is 1. The molecule has 0 aromatic heterocycles. The molecule has 1 aliphatic rings. The maximum Gasteiger partial charge on any atom is 0.243 e. The van der Waals surface area contributed by atoms with Gasteiger partial charge in [-0.05, 0) is 37.1 Å². The van der Waals surface area contributed by atoms with E-state index in [4.69, 9.17) is 4.74 Å². The van der Waals surface area contributed by atoms with E-state index < -0.39 is 10.0 Å². The van der Waals surface area contributed by atoms with E-state index in [1.807, 2.05) is 0 Å². The standard InChI is InChI=1S/C14H20N2O4S/c1-11(17)15-12-7-9-16(10-8-12)21(18,19)14-5-3-13(20-2)4-6-14/h3-6,12H,7-10H2,1-2H3,(H,15,17). The first-order valence-electron chi connectivity index (χ1n) is 6.85. The van der Waals surface area contributed by atoms with E-state index >= 15 is 0 Å². The highest BCUT2D eigenvalue weighted by Crippen LogP contribution is 2.22. The molecule has 116 valence electrons. The van der Waals surface area contributed by atoms with Gasteiger partial charge in [0.1, 0.15) is 5.75 Å². The second kappa shape index (κ2) is 6.44. The van der Waals surface area contributed by atoms with Gasteiger partial charge in [-0.1, -0.05) is 0 Å². The Balaban J connectivity index is 2.05. The third-order valence-electron chi connectivity index (χ3n) is 3.56. The van der Waals surface area contributed by atoms with E-state index in [2.05, 4.69) is 5.32 Å². The van der Waals surface area contributed by atoms with Crippen LogP contribution in [-0.2, 0) is 14.8 Å². The van der Waals surface area contributed by atoms with E-state index in [1.54, 1.807) is 24.3 Å². The number of carbonyl (C=O) groups is 1. The highest BCUT2D eigenvalue weighted by Gasteiger charge is 2.29. The summed E-state index contributed by atoms with van der Waals surface area (Å²) in [6.45, 7) is 2.30. The van der Waals surface area contributed by atoms with Gasteiger partial charge in [-0.3, -0.25) is 4.79 Å². The molecular formula is C14H20N2O4S. The molecule has 0 unspecified atom stereocenters. The van der Waals surface area contributed by atoms with Crippen LogP contribution < -0.4 is 10.1 Å². The Hall–Kier alpha value is -1.60. The van der Waals surface area contributed by atoms with Gasteiger partial charge < -0.3 is 10.1 Å². The molecule has 1 N–H and O–H groups in total. The van der Waals surface area contributed by atoms with Crippen LogP contribution in [0, 0.1) is 0 Å². The lowest BCUT2D eigenvalue weighted by atomic mass is 10.1. The van der Waals surface area contributed by atoms with Gasteiger partial charge in [0.05, 0.1) is 12.0 Å². The van der Waals surface area contributed by atoms with E-state index in [9.17, 15) is 13.2 Å². The van der Waals surface area contributed by atoms with Crippen LogP contribution in [0.15, 0.2) is 29.2 Å². The van der Waals surface area contributed by atoms with Crippen LogP contribution in [0.5, 0.6) is 5.75 Å². The van der Waals surface area contributed by atoms with Crippen molar-refractivity contribution in [1.29, 1.82) is 0 Å². The van der Waals surface area contributed by atoms with Crippen molar-refractivity contribution in [3.8, 4) is 5.75 Å². The number of carbonyl (C=O) groups excluding carboxylic acids is 1. The first kappa shape index (κ1) is 15.8. The van der Waals surface area contributed by atoms with Gasteiger partial charge in [-0.15, -0.1) is 0 Å². The van der Waals surface area contributed by atoms with Crippen LogP contribution in [0.4, 0.5) is 0 Å². The second-order valence-electron chi connectivity index (χ2n) is 5.05. The maximum atomic E-state index is 12.5. The number of ether oxygens (including phenoxy) is 1. The molecule has 0 spiro atoms. The zero-order chi connectivity index (χ0) is 15.5. The minimum absolute atomic E-state index is 0.0600. The summed E-state index contributed by atoms with van der Waals surface area (Å²) in [6.07, 6.45) is 1.27. The lowest BCUT2D eigenvalue weighted by molar-refractivity contribution is -0.119. The van der Waals surface area contributed by atoms with Crippen molar-refractivity contribution >= 4 is 15.9 Å². The molecule has 1 fully saturated rings. The van der Waals surface area contributed by atoms with Gasteiger partial charge in [-0.25, -0.2) is 8.42 Å². The number of piperidine rings is 1. The summed E-state index contributed by atoms with van der Waals surface area (Å²) in [5, 5.41) is 2.83. The van der Waals surface area contributed by atoms with Gasteiger partial charge in [-0.2, -0.15) is 4.31 Å². The lowest BCUT2D eigenvalue weighted by Gasteiger charge is -2.31. The normalized spacial score (nSPS) is 17.4. The summed E-state index contributed by atoms with van der Waals surface area (Å²) in [4.78, 5) is 11.3. The van der Waals surface area contributed by atoms with E-state index in [1.165, 1.54) is 18.3 Å². The molecule has 7 heteroatoms. The molecule has 0 aliphatic carbocycles. The fourth-order valence-electron chi connectivity index (χ4n) is 2.42. The number of nitrogens with zero attached hydrogens (tertiary/aromatic N) is 1. The zero-order valence-electron chi connectivity index (χ0n) is 12.2. The molecule has 1 amide bonds. The van der Waals surface area contributed by atoms with Crippen molar-refractivity contribution in [2.24, 2.45) is 0 Å². The minimum Gasteiger partial charge on any atom is -0.497 e. The molecule has 2 rings (SSSR count). The van der Waals surface area contributed by atoms with Crippen molar-refractivity contribution < 1.29 is 17.9 Å². The average molecular weight is 312 g/mol. The Labute approximate surface area is 125 Å². The van der Waals surface area contributed by atoms with Crippen LogP contribution in [0.3, 0.4) is 0 Å². The van der Waals surface area contributed by atoms with Crippen LogP contribution in [0.1, 0.15) is 19.8 Å². The molecule has 1 aliphatic heterocycles. The quantitative estimate of drug-likeness (QED) is 0.899. The number of hydrogen-bond donors (Lipinski definition) is 1. The molecule has 0 saturated carbocycles. The highest BCUT2D eigenvalue weighted by atomic mass is 32.2. The number of benzene rings is 1.